The van der Waals surface area contributed by atoms with E-state index >= 15 is 0 Å². The second-order valence-corrected chi connectivity index (χ2v) is 5.54. The highest BCUT2D eigenvalue weighted by Crippen LogP contribution is 2.23. The second-order valence-electron chi connectivity index (χ2n) is 5.11. The van der Waals surface area contributed by atoms with Gasteiger partial charge < -0.3 is 0 Å². The first-order valence-electron chi connectivity index (χ1n) is 6.84. The SMILES string of the molecule is CCCC(NC1CC(=O)N(C)C1=O)c1ccc(Cl)cc1. The zero-order valence-electron chi connectivity index (χ0n) is 11.7. The molecule has 1 heterocycles. The Morgan fingerprint density at radius 1 is 1.35 bits per heavy atom. The first-order chi connectivity index (χ1) is 9.52. The summed E-state index contributed by atoms with van der Waals surface area (Å²) in [6.45, 7) is 2.10. The van der Waals surface area contributed by atoms with Crippen molar-refractivity contribution in [2.24, 2.45) is 0 Å². The molecule has 1 fully saturated rings. The maximum atomic E-state index is 12.0. The van der Waals surface area contributed by atoms with Crippen LogP contribution in [0.15, 0.2) is 24.3 Å². The summed E-state index contributed by atoms with van der Waals surface area (Å²) in [7, 11) is 1.53. The van der Waals surface area contributed by atoms with E-state index in [2.05, 4.69) is 12.2 Å². The molecule has 1 aliphatic heterocycles. The molecular weight excluding hydrogens is 276 g/mol. The van der Waals surface area contributed by atoms with Crippen molar-refractivity contribution < 1.29 is 9.59 Å². The van der Waals surface area contributed by atoms with E-state index < -0.39 is 6.04 Å². The molecule has 1 N–H and O–H groups in total. The summed E-state index contributed by atoms with van der Waals surface area (Å²) in [6.07, 6.45) is 2.14. The highest BCUT2D eigenvalue weighted by Gasteiger charge is 2.37. The van der Waals surface area contributed by atoms with Crippen LogP contribution in [0.2, 0.25) is 5.02 Å². The Hall–Kier alpha value is -1.39. The molecule has 0 saturated carbocycles. The van der Waals surface area contributed by atoms with Gasteiger partial charge in [-0.15, -0.1) is 0 Å². The maximum Gasteiger partial charge on any atom is 0.246 e. The summed E-state index contributed by atoms with van der Waals surface area (Å²) in [5.41, 5.74) is 1.09. The molecule has 2 rings (SSSR count). The smallest absolute Gasteiger partial charge is 0.246 e. The first kappa shape index (κ1) is 15.0. The lowest BCUT2D eigenvalue weighted by molar-refractivity contribution is -0.137. The number of likely N-dealkylation sites (tertiary alicyclic amines) is 1. The van der Waals surface area contributed by atoms with Crippen LogP contribution < -0.4 is 5.32 Å². The number of hydrogen-bond donors (Lipinski definition) is 1. The molecule has 0 radical (unpaired) electrons. The third kappa shape index (κ3) is 3.19. The number of carbonyl (C=O) groups is 2. The van der Waals surface area contributed by atoms with Crippen molar-refractivity contribution in [3.05, 3.63) is 34.9 Å². The largest absolute Gasteiger partial charge is 0.298 e. The number of rotatable bonds is 5. The van der Waals surface area contributed by atoms with Crippen LogP contribution in [0.1, 0.15) is 37.8 Å². The summed E-state index contributed by atoms with van der Waals surface area (Å²) in [6, 6.07) is 7.25. The fraction of sp³-hybridized carbons (Fsp3) is 0.467. The minimum absolute atomic E-state index is 0.0607. The average molecular weight is 295 g/mol. The number of imide groups is 1. The number of benzene rings is 1. The van der Waals surface area contributed by atoms with E-state index in [9.17, 15) is 9.59 Å². The van der Waals surface area contributed by atoms with Crippen molar-refractivity contribution in [3.63, 3.8) is 0 Å². The molecule has 1 aromatic carbocycles. The minimum atomic E-state index is -0.417. The summed E-state index contributed by atoms with van der Waals surface area (Å²) >= 11 is 5.90. The molecule has 20 heavy (non-hydrogen) atoms. The number of nitrogens with one attached hydrogen (secondary N) is 1. The molecule has 1 aromatic rings. The van der Waals surface area contributed by atoms with Crippen molar-refractivity contribution in [1.82, 2.24) is 10.2 Å². The van der Waals surface area contributed by atoms with E-state index in [1.807, 2.05) is 24.3 Å². The predicted molar refractivity (Wildman–Crippen MR) is 78.4 cm³/mol. The number of hydrogen-bond acceptors (Lipinski definition) is 3. The van der Waals surface area contributed by atoms with Crippen molar-refractivity contribution in [2.75, 3.05) is 7.05 Å². The van der Waals surface area contributed by atoms with Gasteiger partial charge >= 0.3 is 0 Å². The zero-order valence-corrected chi connectivity index (χ0v) is 12.5. The average Bonchev–Trinajstić information content (AvgIpc) is 2.67. The summed E-state index contributed by atoms with van der Waals surface area (Å²) < 4.78 is 0. The van der Waals surface area contributed by atoms with E-state index in [0.29, 0.717) is 5.02 Å². The molecule has 0 aromatic heterocycles. The molecule has 108 valence electrons. The molecule has 1 saturated heterocycles. The molecular formula is C15H19ClN2O2. The molecule has 0 spiro atoms. The maximum absolute atomic E-state index is 12.0. The lowest BCUT2D eigenvalue weighted by atomic mass is 10.0. The third-order valence-corrected chi connectivity index (χ3v) is 3.89. The summed E-state index contributed by atoms with van der Waals surface area (Å²) in [5, 5.41) is 4.00. The highest BCUT2D eigenvalue weighted by molar-refractivity contribution is 6.30. The van der Waals surface area contributed by atoms with E-state index in [0.717, 1.165) is 18.4 Å². The van der Waals surface area contributed by atoms with Crippen LogP contribution >= 0.6 is 11.6 Å². The van der Waals surface area contributed by atoms with Gasteiger partial charge in [-0.1, -0.05) is 37.1 Å². The van der Waals surface area contributed by atoms with E-state index in [1.165, 1.54) is 11.9 Å². The van der Waals surface area contributed by atoms with Crippen LogP contribution in [-0.2, 0) is 9.59 Å². The highest BCUT2D eigenvalue weighted by atomic mass is 35.5. The summed E-state index contributed by atoms with van der Waals surface area (Å²) in [5.74, 6) is -0.274. The fourth-order valence-corrected chi connectivity index (χ4v) is 2.58. The van der Waals surface area contributed by atoms with Crippen LogP contribution in [0, 0.1) is 0 Å². The van der Waals surface area contributed by atoms with Crippen molar-refractivity contribution in [3.8, 4) is 0 Å². The van der Waals surface area contributed by atoms with Crippen LogP contribution in [0.3, 0.4) is 0 Å². The third-order valence-electron chi connectivity index (χ3n) is 3.63. The van der Waals surface area contributed by atoms with Crippen molar-refractivity contribution >= 4 is 23.4 Å². The van der Waals surface area contributed by atoms with Gasteiger partial charge in [0.15, 0.2) is 0 Å². The Morgan fingerprint density at radius 2 is 2.00 bits per heavy atom. The van der Waals surface area contributed by atoms with Gasteiger partial charge in [0.1, 0.15) is 0 Å². The van der Waals surface area contributed by atoms with Gasteiger partial charge in [0.05, 0.1) is 12.5 Å². The molecule has 2 amide bonds. The Labute approximate surface area is 124 Å². The molecule has 2 atom stereocenters. The van der Waals surface area contributed by atoms with Crippen molar-refractivity contribution in [1.29, 1.82) is 0 Å². The second kappa shape index (κ2) is 6.37. The molecule has 2 unspecified atom stereocenters. The van der Waals surface area contributed by atoms with Crippen LogP contribution in [0.25, 0.3) is 0 Å². The van der Waals surface area contributed by atoms with Crippen LogP contribution in [-0.4, -0.2) is 29.8 Å². The number of halogens is 1. The van der Waals surface area contributed by atoms with Gasteiger partial charge in [-0.2, -0.15) is 0 Å². The lowest BCUT2D eigenvalue weighted by Crippen LogP contribution is -2.39. The standard InChI is InChI=1S/C15H19ClN2O2/c1-3-4-12(10-5-7-11(16)8-6-10)17-13-9-14(19)18(2)15(13)20/h5-8,12-13,17H,3-4,9H2,1-2H3. The van der Waals surface area contributed by atoms with E-state index in [4.69, 9.17) is 11.6 Å². The van der Waals surface area contributed by atoms with Gasteiger partial charge in [0.25, 0.3) is 0 Å². The number of carbonyl (C=O) groups excluding carboxylic acids is 2. The molecule has 0 aliphatic carbocycles. The predicted octanol–water partition coefficient (Wildman–Crippen LogP) is 2.53. The van der Waals surface area contributed by atoms with Gasteiger partial charge in [-0.3, -0.25) is 19.8 Å². The van der Waals surface area contributed by atoms with Gasteiger partial charge in [-0.05, 0) is 24.1 Å². The Balaban J connectivity index is 2.12. The Morgan fingerprint density at radius 3 is 2.50 bits per heavy atom. The van der Waals surface area contributed by atoms with Crippen molar-refractivity contribution in [2.45, 2.75) is 38.3 Å². The fourth-order valence-electron chi connectivity index (χ4n) is 2.46. The Kier molecular flexibility index (Phi) is 4.78. The zero-order chi connectivity index (χ0) is 14.7. The lowest BCUT2D eigenvalue weighted by Gasteiger charge is -2.22. The number of nitrogens with zero attached hydrogens (tertiary/aromatic N) is 1. The number of amides is 2. The minimum Gasteiger partial charge on any atom is -0.298 e. The molecule has 5 heteroatoms. The van der Waals surface area contributed by atoms with Crippen LogP contribution in [0.5, 0.6) is 0 Å². The van der Waals surface area contributed by atoms with E-state index in [1.54, 1.807) is 0 Å². The van der Waals surface area contributed by atoms with Gasteiger partial charge in [0.2, 0.25) is 11.8 Å². The molecule has 1 aliphatic rings. The van der Waals surface area contributed by atoms with E-state index in [-0.39, 0.29) is 24.3 Å². The van der Waals surface area contributed by atoms with Gasteiger partial charge in [0, 0.05) is 18.1 Å². The monoisotopic (exact) mass is 294 g/mol. The van der Waals surface area contributed by atoms with Crippen LogP contribution in [0.4, 0.5) is 0 Å². The summed E-state index contributed by atoms with van der Waals surface area (Å²) in [4.78, 5) is 24.7. The Bertz CT molecular complexity index is 501. The normalized spacial score (nSPS) is 20.6. The molecule has 0 bridgehead atoms. The quantitative estimate of drug-likeness (QED) is 0.849. The first-order valence-corrected chi connectivity index (χ1v) is 7.22. The topological polar surface area (TPSA) is 49.4 Å². The number of likely N-dealkylation sites (N-methyl/N-ethyl adjacent to an activating group) is 1. The van der Waals surface area contributed by atoms with Gasteiger partial charge in [-0.25, -0.2) is 0 Å². The molecule has 4 nitrogen and oxygen atoms in total.